The molecule has 0 aromatic carbocycles. The molecule has 0 aliphatic carbocycles. The lowest BCUT2D eigenvalue weighted by molar-refractivity contribution is 0.0375. The summed E-state index contributed by atoms with van der Waals surface area (Å²) in [6, 6.07) is 1.70. The van der Waals surface area contributed by atoms with Gasteiger partial charge in [-0.05, 0) is 18.4 Å². The molecule has 0 saturated carbocycles. The van der Waals surface area contributed by atoms with Crippen LogP contribution >= 0.6 is 11.6 Å². The van der Waals surface area contributed by atoms with Crippen LogP contribution < -0.4 is 4.90 Å². The normalized spacial score (nSPS) is 19.2. The number of nitrogens with zero attached hydrogens (tertiary/aromatic N) is 3. The molecule has 0 spiro atoms. The highest BCUT2D eigenvalue weighted by Gasteiger charge is 2.24. The van der Waals surface area contributed by atoms with Crippen molar-refractivity contribution in [3.8, 4) is 0 Å². The van der Waals surface area contributed by atoms with Crippen molar-refractivity contribution in [1.29, 1.82) is 0 Å². The quantitative estimate of drug-likeness (QED) is 0.857. The molecule has 2 rings (SSSR count). The number of halogens is 1. The van der Waals surface area contributed by atoms with Gasteiger partial charge in [0.05, 0.1) is 16.7 Å². The number of aromatic nitrogens is 1. The Morgan fingerprint density at radius 2 is 2.23 bits per heavy atom. The lowest BCUT2D eigenvalue weighted by Crippen LogP contribution is -2.35. The molecule has 1 unspecified atom stereocenters. The average Bonchev–Trinajstić information content (AvgIpc) is 2.72. The van der Waals surface area contributed by atoms with Gasteiger partial charge in [-0.25, -0.2) is 4.98 Å². The summed E-state index contributed by atoms with van der Waals surface area (Å²) in [5.74, 6) is 1.07. The van der Waals surface area contributed by atoms with Crippen LogP contribution in [0.3, 0.4) is 0 Å². The van der Waals surface area contributed by atoms with Gasteiger partial charge in [-0.3, -0.25) is 4.79 Å². The summed E-state index contributed by atoms with van der Waals surface area (Å²) >= 11 is 6.38. The number of hydrogen-bond acceptors (Lipinski definition) is 4. The summed E-state index contributed by atoms with van der Waals surface area (Å²) in [7, 11) is 3.42. The van der Waals surface area contributed by atoms with E-state index < -0.39 is 0 Å². The Labute approximate surface area is 137 Å². The molecule has 5 nitrogen and oxygen atoms in total. The van der Waals surface area contributed by atoms with E-state index in [-0.39, 0.29) is 12.0 Å². The average molecular weight is 326 g/mol. The molecule has 1 aromatic heterocycles. The van der Waals surface area contributed by atoms with Crippen molar-refractivity contribution in [2.45, 2.75) is 26.4 Å². The van der Waals surface area contributed by atoms with E-state index >= 15 is 0 Å². The van der Waals surface area contributed by atoms with E-state index in [9.17, 15) is 4.79 Å². The maximum absolute atomic E-state index is 12.0. The fraction of sp³-hybridized carbons (Fsp3) is 0.625. The van der Waals surface area contributed by atoms with Crippen LogP contribution in [0.4, 0.5) is 5.82 Å². The van der Waals surface area contributed by atoms with E-state index in [0.29, 0.717) is 16.5 Å². The van der Waals surface area contributed by atoms with Gasteiger partial charge in [0.1, 0.15) is 5.82 Å². The van der Waals surface area contributed by atoms with Crippen molar-refractivity contribution in [2.24, 2.45) is 5.92 Å². The van der Waals surface area contributed by atoms with E-state index in [4.69, 9.17) is 16.3 Å². The number of rotatable bonds is 3. The number of anilines is 1. The number of carbonyl (C=O) groups is 1. The summed E-state index contributed by atoms with van der Waals surface area (Å²) in [6.07, 6.45) is 2.71. The zero-order chi connectivity index (χ0) is 16.3. The summed E-state index contributed by atoms with van der Waals surface area (Å²) in [5.41, 5.74) is 0.505. The molecule has 0 bridgehead atoms. The second kappa shape index (κ2) is 7.29. The molecule has 1 amide bonds. The molecule has 0 N–H and O–H groups in total. The third kappa shape index (κ3) is 3.90. The highest BCUT2D eigenvalue weighted by Crippen LogP contribution is 2.27. The monoisotopic (exact) mass is 325 g/mol. The number of ether oxygens (including phenoxy) is 1. The van der Waals surface area contributed by atoms with E-state index in [1.54, 1.807) is 26.4 Å². The topological polar surface area (TPSA) is 45.7 Å². The van der Waals surface area contributed by atoms with Crippen molar-refractivity contribution in [2.75, 3.05) is 38.7 Å². The minimum atomic E-state index is -0.0970. The summed E-state index contributed by atoms with van der Waals surface area (Å²) < 4.78 is 5.88. The molecular weight excluding hydrogens is 302 g/mol. The number of amides is 1. The van der Waals surface area contributed by atoms with Crippen LogP contribution in [0.5, 0.6) is 0 Å². The summed E-state index contributed by atoms with van der Waals surface area (Å²) in [5, 5.41) is 0.511. The molecule has 1 fully saturated rings. The third-order valence-corrected chi connectivity index (χ3v) is 4.10. The fourth-order valence-corrected chi connectivity index (χ4v) is 2.77. The van der Waals surface area contributed by atoms with Gasteiger partial charge >= 0.3 is 0 Å². The zero-order valence-corrected chi connectivity index (χ0v) is 14.4. The first-order valence-electron chi connectivity index (χ1n) is 7.64. The van der Waals surface area contributed by atoms with Crippen LogP contribution in [0.15, 0.2) is 12.3 Å². The van der Waals surface area contributed by atoms with Crippen molar-refractivity contribution in [3.05, 3.63) is 22.8 Å². The SMILES string of the molecule is CC(C)C1CN(c2ncc(C(=O)N(C)C)cc2Cl)CCCO1. The Morgan fingerprint density at radius 3 is 2.82 bits per heavy atom. The second-order valence-electron chi connectivity index (χ2n) is 6.18. The Hall–Kier alpha value is -1.33. The maximum atomic E-state index is 12.0. The molecular formula is C16H24ClN3O2. The van der Waals surface area contributed by atoms with Crippen LogP contribution in [0.25, 0.3) is 0 Å². The molecule has 1 aliphatic rings. The van der Waals surface area contributed by atoms with E-state index in [1.165, 1.54) is 4.90 Å². The standard InChI is InChI=1S/C16H24ClN3O2/c1-11(2)14-10-20(6-5-7-22-14)15-13(17)8-12(9-18-15)16(21)19(3)4/h8-9,11,14H,5-7,10H2,1-4H3. The first kappa shape index (κ1) is 17.0. The summed E-state index contributed by atoms with van der Waals surface area (Å²) in [6.45, 7) is 6.69. The molecule has 1 aromatic rings. The van der Waals surface area contributed by atoms with E-state index in [2.05, 4.69) is 23.7 Å². The highest BCUT2D eigenvalue weighted by atomic mass is 35.5. The predicted octanol–water partition coefficient (Wildman–Crippen LogP) is 2.69. The van der Waals surface area contributed by atoms with Crippen molar-refractivity contribution >= 4 is 23.3 Å². The maximum Gasteiger partial charge on any atom is 0.254 e. The lowest BCUT2D eigenvalue weighted by atomic mass is 10.1. The molecule has 2 heterocycles. The van der Waals surface area contributed by atoms with Gasteiger partial charge in [-0.1, -0.05) is 25.4 Å². The largest absolute Gasteiger partial charge is 0.376 e. The van der Waals surface area contributed by atoms with Gasteiger partial charge < -0.3 is 14.5 Å². The third-order valence-electron chi connectivity index (χ3n) is 3.82. The minimum absolute atomic E-state index is 0.0970. The van der Waals surface area contributed by atoms with Crippen molar-refractivity contribution in [3.63, 3.8) is 0 Å². The van der Waals surface area contributed by atoms with Crippen LogP contribution in [0.2, 0.25) is 5.02 Å². The second-order valence-corrected chi connectivity index (χ2v) is 6.59. The molecule has 6 heteroatoms. The number of pyridine rings is 1. The van der Waals surface area contributed by atoms with Gasteiger partial charge in [0, 0.05) is 40.0 Å². The molecule has 1 aliphatic heterocycles. The molecule has 1 atom stereocenters. The summed E-state index contributed by atoms with van der Waals surface area (Å²) in [4.78, 5) is 20.1. The van der Waals surface area contributed by atoms with Crippen LogP contribution in [-0.4, -0.2) is 55.7 Å². The Morgan fingerprint density at radius 1 is 1.50 bits per heavy atom. The molecule has 22 heavy (non-hydrogen) atoms. The zero-order valence-electron chi connectivity index (χ0n) is 13.7. The van der Waals surface area contributed by atoms with Gasteiger partial charge in [-0.2, -0.15) is 0 Å². The Balaban J connectivity index is 2.22. The number of carbonyl (C=O) groups excluding carboxylic acids is 1. The van der Waals surface area contributed by atoms with Crippen molar-refractivity contribution in [1.82, 2.24) is 9.88 Å². The molecule has 122 valence electrons. The van der Waals surface area contributed by atoms with Crippen molar-refractivity contribution < 1.29 is 9.53 Å². The van der Waals surface area contributed by atoms with Gasteiger partial charge in [-0.15, -0.1) is 0 Å². The fourth-order valence-electron chi connectivity index (χ4n) is 2.49. The first-order chi connectivity index (χ1) is 10.4. The van der Waals surface area contributed by atoms with Gasteiger partial charge in [0.15, 0.2) is 0 Å². The van der Waals surface area contributed by atoms with Crippen LogP contribution in [0.1, 0.15) is 30.6 Å². The molecule has 0 radical (unpaired) electrons. The van der Waals surface area contributed by atoms with Gasteiger partial charge in [0.2, 0.25) is 0 Å². The smallest absolute Gasteiger partial charge is 0.254 e. The van der Waals surface area contributed by atoms with E-state index in [1.807, 2.05) is 0 Å². The lowest BCUT2D eigenvalue weighted by Gasteiger charge is -2.27. The predicted molar refractivity (Wildman–Crippen MR) is 88.7 cm³/mol. The van der Waals surface area contributed by atoms with E-state index in [0.717, 1.165) is 31.9 Å². The molecule has 1 saturated heterocycles. The first-order valence-corrected chi connectivity index (χ1v) is 8.01. The van der Waals surface area contributed by atoms with Crippen LogP contribution in [-0.2, 0) is 4.74 Å². The Kier molecular flexibility index (Phi) is 5.64. The minimum Gasteiger partial charge on any atom is -0.376 e. The van der Waals surface area contributed by atoms with Crippen LogP contribution in [0, 0.1) is 5.92 Å². The highest BCUT2D eigenvalue weighted by molar-refractivity contribution is 6.33. The van der Waals surface area contributed by atoms with Gasteiger partial charge in [0.25, 0.3) is 5.91 Å². The number of hydrogen-bond donors (Lipinski definition) is 0. The Bertz CT molecular complexity index is 534.